The molecule has 0 aliphatic carbocycles. The molecule has 0 aliphatic rings. The minimum absolute atomic E-state index is 0.00667. The molecule has 0 aliphatic heterocycles. The predicted molar refractivity (Wildman–Crippen MR) is 142 cm³/mol. The van der Waals surface area contributed by atoms with E-state index in [2.05, 4.69) is 19.2 Å². The molecule has 2 aromatic rings. The van der Waals surface area contributed by atoms with Crippen molar-refractivity contribution < 1.29 is 9.59 Å². The topological polar surface area (TPSA) is 93.8 Å². The Kier molecular flexibility index (Phi) is 14.1. The lowest BCUT2D eigenvalue weighted by Gasteiger charge is -2.15. The fraction of sp³-hybridized carbons (Fsp3) is 0.308. The highest BCUT2D eigenvalue weighted by Gasteiger charge is 2.19. The fourth-order valence-electron chi connectivity index (χ4n) is 3.13. The van der Waals surface area contributed by atoms with Crippen LogP contribution in [0.3, 0.4) is 0 Å². The minimum atomic E-state index is -0.461. The lowest BCUT2D eigenvalue weighted by molar-refractivity contribution is 0.0996. The first-order valence-corrected chi connectivity index (χ1v) is 12.4. The molecule has 2 rings (SSSR count). The van der Waals surface area contributed by atoms with Crippen LogP contribution in [0.5, 0.6) is 0 Å². The second-order valence-electron chi connectivity index (χ2n) is 7.39. The van der Waals surface area contributed by atoms with E-state index in [0.717, 1.165) is 25.7 Å². The van der Waals surface area contributed by atoms with Crippen molar-refractivity contribution in [3.63, 3.8) is 0 Å². The Morgan fingerprint density at radius 2 is 1.34 bits per heavy atom. The molecule has 0 heterocycles. The number of benzene rings is 2. The van der Waals surface area contributed by atoms with Crippen molar-refractivity contribution in [1.82, 2.24) is 5.32 Å². The van der Waals surface area contributed by atoms with Gasteiger partial charge in [-0.1, -0.05) is 85.2 Å². The molecule has 0 radical (unpaired) electrons. The molecule has 0 bridgehead atoms. The van der Waals surface area contributed by atoms with Crippen molar-refractivity contribution in [2.24, 2.45) is 0 Å². The second kappa shape index (κ2) is 16.2. The summed E-state index contributed by atoms with van der Waals surface area (Å²) in [7, 11) is 0. The summed E-state index contributed by atoms with van der Waals surface area (Å²) in [5.41, 5.74) is 0.405. The Bertz CT molecular complexity index is 1100. The number of nitriles is 2. The number of nitrogens with zero attached hydrogens (tertiary/aromatic N) is 2. The Morgan fingerprint density at radius 1 is 0.886 bits per heavy atom. The van der Waals surface area contributed by atoms with Gasteiger partial charge in [0.25, 0.3) is 0 Å². The molecule has 0 fully saturated rings. The molecule has 5 nitrogen and oxygen atoms in total. The van der Waals surface area contributed by atoms with Gasteiger partial charge in [-0.15, -0.1) is 0 Å². The van der Waals surface area contributed by atoms with Crippen molar-refractivity contribution in [2.45, 2.75) is 52.0 Å². The van der Waals surface area contributed by atoms with Crippen LogP contribution in [0.1, 0.15) is 66.7 Å². The molecule has 2 aromatic carbocycles. The molecule has 0 aromatic heterocycles. The zero-order valence-corrected chi connectivity index (χ0v) is 22.4. The molecule has 184 valence electrons. The van der Waals surface area contributed by atoms with E-state index in [9.17, 15) is 14.9 Å². The van der Waals surface area contributed by atoms with Crippen molar-refractivity contribution >= 4 is 58.0 Å². The SMILES string of the molecule is CCCC(CCC)N/C=C(\C#N)C(=O)c1c(Cl)cccc1Cl.N#CCC(=O)c1c(Cl)cccc1Cl. The van der Waals surface area contributed by atoms with Gasteiger partial charge in [0.2, 0.25) is 5.78 Å². The lowest BCUT2D eigenvalue weighted by atomic mass is 10.0. The summed E-state index contributed by atoms with van der Waals surface area (Å²) in [5, 5.41) is 21.8. The summed E-state index contributed by atoms with van der Waals surface area (Å²) in [6, 6.07) is 13.5. The van der Waals surface area contributed by atoms with Crippen molar-refractivity contribution in [2.75, 3.05) is 0 Å². The molecule has 0 spiro atoms. The molecule has 35 heavy (non-hydrogen) atoms. The van der Waals surface area contributed by atoms with Crippen LogP contribution in [0.2, 0.25) is 20.1 Å². The maximum absolute atomic E-state index is 12.4. The maximum Gasteiger partial charge on any atom is 0.208 e. The number of carbonyl (C=O) groups is 2. The first-order chi connectivity index (χ1) is 16.7. The maximum atomic E-state index is 12.4. The van der Waals surface area contributed by atoms with E-state index in [-0.39, 0.29) is 55.0 Å². The fourth-order valence-corrected chi connectivity index (χ4v) is 4.31. The number of ketones is 2. The Hall–Kier alpha value is -2.54. The number of Topliss-reactive ketones (excluding diaryl/α,β-unsaturated/α-hetero) is 2. The van der Waals surface area contributed by atoms with Gasteiger partial charge < -0.3 is 5.32 Å². The number of allylic oxidation sites excluding steroid dienone is 1. The van der Waals surface area contributed by atoms with Crippen LogP contribution in [0.4, 0.5) is 0 Å². The summed E-state index contributed by atoms with van der Waals surface area (Å²) in [4.78, 5) is 23.7. The molecule has 9 heteroatoms. The monoisotopic (exact) mass is 551 g/mol. The molecule has 0 unspecified atom stereocenters. The van der Waals surface area contributed by atoms with E-state index in [1.807, 2.05) is 6.07 Å². The highest BCUT2D eigenvalue weighted by molar-refractivity contribution is 6.41. The third kappa shape index (κ3) is 9.55. The van der Waals surface area contributed by atoms with Gasteiger partial charge in [0, 0.05) is 12.2 Å². The van der Waals surface area contributed by atoms with Crippen LogP contribution >= 0.6 is 46.4 Å². The molecule has 0 atom stereocenters. The Balaban J connectivity index is 0.000000400. The van der Waals surface area contributed by atoms with Gasteiger partial charge in [0.05, 0.1) is 43.7 Å². The summed E-state index contributed by atoms with van der Waals surface area (Å²) in [6.45, 7) is 4.21. The van der Waals surface area contributed by atoms with E-state index < -0.39 is 5.78 Å². The number of rotatable bonds is 10. The average Bonchev–Trinajstić information content (AvgIpc) is 2.80. The number of hydrogen-bond donors (Lipinski definition) is 1. The molecule has 0 amide bonds. The van der Waals surface area contributed by atoms with Gasteiger partial charge in [-0.25, -0.2) is 0 Å². The van der Waals surface area contributed by atoms with E-state index in [1.165, 1.54) is 6.20 Å². The van der Waals surface area contributed by atoms with Gasteiger partial charge in [-0.2, -0.15) is 10.5 Å². The first-order valence-electron chi connectivity index (χ1n) is 10.9. The normalized spacial score (nSPS) is 10.6. The Labute approximate surface area is 226 Å². The summed E-state index contributed by atoms with van der Waals surface area (Å²) < 4.78 is 0. The van der Waals surface area contributed by atoms with Crippen LogP contribution < -0.4 is 5.32 Å². The third-order valence-electron chi connectivity index (χ3n) is 4.77. The zero-order chi connectivity index (χ0) is 26.4. The third-order valence-corrected chi connectivity index (χ3v) is 6.03. The van der Waals surface area contributed by atoms with E-state index >= 15 is 0 Å². The molecule has 0 saturated carbocycles. The molecular weight excluding hydrogens is 528 g/mol. The van der Waals surface area contributed by atoms with E-state index in [0.29, 0.717) is 0 Å². The average molecular weight is 553 g/mol. The number of hydrogen-bond acceptors (Lipinski definition) is 5. The van der Waals surface area contributed by atoms with Crippen LogP contribution in [-0.2, 0) is 0 Å². The number of halogens is 4. The zero-order valence-electron chi connectivity index (χ0n) is 19.4. The second-order valence-corrected chi connectivity index (χ2v) is 9.02. The number of nitrogens with one attached hydrogen (secondary N) is 1. The molecule has 0 saturated heterocycles. The van der Waals surface area contributed by atoms with E-state index in [1.54, 1.807) is 42.5 Å². The largest absolute Gasteiger partial charge is 0.387 e. The van der Waals surface area contributed by atoms with Gasteiger partial charge in [-0.3, -0.25) is 9.59 Å². The lowest BCUT2D eigenvalue weighted by Crippen LogP contribution is -2.25. The summed E-state index contributed by atoms with van der Waals surface area (Å²) in [5.74, 6) is -0.810. The molecular formula is C26H25Cl4N3O2. The highest BCUT2D eigenvalue weighted by Crippen LogP contribution is 2.27. The van der Waals surface area contributed by atoms with Crippen molar-refractivity contribution in [1.29, 1.82) is 10.5 Å². The van der Waals surface area contributed by atoms with Gasteiger partial charge >= 0.3 is 0 Å². The summed E-state index contributed by atoms with van der Waals surface area (Å²) in [6.07, 6.45) is 5.34. The first kappa shape index (κ1) is 30.5. The van der Waals surface area contributed by atoms with Crippen LogP contribution in [0.25, 0.3) is 0 Å². The van der Waals surface area contributed by atoms with Gasteiger partial charge in [0.15, 0.2) is 5.78 Å². The highest BCUT2D eigenvalue weighted by atomic mass is 35.5. The van der Waals surface area contributed by atoms with Crippen LogP contribution in [0, 0.1) is 22.7 Å². The minimum Gasteiger partial charge on any atom is -0.387 e. The van der Waals surface area contributed by atoms with Gasteiger partial charge in [-0.05, 0) is 37.1 Å². The summed E-state index contributed by atoms with van der Waals surface area (Å²) >= 11 is 23.5. The smallest absolute Gasteiger partial charge is 0.208 e. The van der Waals surface area contributed by atoms with E-state index in [4.69, 9.17) is 51.7 Å². The standard InChI is InChI=1S/C17H20Cl2N2O.C9H5Cl2NO/c1-3-6-13(7-4-2)21-11-12(10-20)17(22)16-14(18)8-5-9-15(16)19;10-6-2-1-3-7(11)9(6)8(13)4-5-12/h5,8-9,11,13,21H,3-4,6-7H2,1-2H3;1-3H,4H2/b12-11+;. The molecule has 1 N–H and O–H groups in total. The quantitative estimate of drug-likeness (QED) is 0.182. The predicted octanol–water partition coefficient (Wildman–Crippen LogP) is 8.23. The Morgan fingerprint density at radius 3 is 1.74 bits per heavy atom. The van der Waals surface area contributed by atoms with Crippen LogP contribution in [-0.4, -0.2) is 17.6 Å². The number of carbonyl (C=O) groups excluding carboxylic acids is 2. The van der Waals surface area contributed by atoms with Gasteiger partial charge in [0.1, 0.15) is 11.6 Å². The van der Waals surface area contributed by atoms with Crippen LogP contribution in [0.15, 0.2) is 48.2 Å². The van der Waals surface area contributed by atoms with Crippen molar-refractivity contribution in [3.8, 4) is 12.1 Å². The van der Waals surface area contributed by atoms with Crippen molar-refractivity contribution in [3.05, 3.63) is 79.4 Å².